The van der Waals surface area contributed by atoms with E-state index in [0.717, 1.165) is 27.8 Å². The molecule has 3 aromatic carbocycles. The summed E-state index contributed by atoms with van der Waals surface area (Å²) in [5.74, 6) is 0.261. The standard InChI is InChI=1S/C20H17NO.2ClH.Zr/c1-21-14-18-12-17(15-8-4-2-5-9-15)13-19(20(18)22)16-10-6-3-7-11-16;;;/h2-14,22H,1H3;2*1H;/q;;;+2/p-2. The number of rotatable bonds is 3. The van der Waals surface area contributed by atoms with Crippen LogP contribution in [0.4, 0.5) is 0 Å². The summed E-state index contributed by atoms with van der Waals surface area (Å²) in [5.41, 5.74) is 4.71. The second-order valence-electron chi connectivity index (χ2n) is 5.15. The fraction of sp³-hybridized carbons (Fsp3) is 0.0500. The Labute approximate surface area is 166 Å². The first kappa shape index (κ1) is 19.9. The van der Waals surface area contributed by atoms with Gasteiger partial charge in [0.25, 0.3) is 0 Å². The topological polar surface area (TPSA) is 32.6 Å². The van der Waals surface area contributed by atoms with Crippen molar-refractivity contribution in [2.75, 3.05) is 7.05 Å². The van der Waals surface area contributed by atoms with Crippen LogP contribution in [0, 0.1) is 0 Å². The number of aromatic hydroxyl groups is 1. The van der Waals surface area contributed by atoms with E-state index in [1.165, 1.54) is 0 Å². The third-order valence-electron chi connectivity index (χ3n) is 3.60. The van der Waals surface area contributed by atoms with Gasteiger partial charge in [-0.15, -0.1) is 0 Å². The number of phenols is 1. The molecule has 0 aliphatic carbocycles. The van der Waals surface area contributed by atoms with E-state index in [1.54, 1.807) is 13.3 Å². The van der Waals surface area contributed by atoms with Gasteiger partial charge in [0.2, 0.25) is 0 Å². The molecule has 0 aliphatic heterocycles. The van der Waals surface area contributed by atoms with Gasteiger partial charge in [0.1, 0.15) is 5.75 Å². The molecule has 3 rings (SSSR count). The van der Waals surface area contributed by atoms with Gasteiger partial charge >= 0.3 is 37.9 Å². The average Bonchev–Trinajstić information content (AvgIpc) is 2.66. The molecule has 0 bridgehead atoms. The summed E-state index contributed by atoms with van der Waals surface area (Å²) < 4.78 is 0. The minimum atomic E-state index is -0.826. The van der Waals surface area contributed by atoms with Crippen LogP contribution < -0.4 is 0 Å². The molecule has 0 saturated heterocycles. The number of nitrogens with zero attached hydrogens (tertiary/aromatic N) is 1. The van der Waals surface area contributed by atoms with E-state index >= 15 is 0 Å². The minimum absolute atomic E-state index is 0.261. The van der Waals surface area contributed by atoms with Crippen LogP contribution in [0.3, 0.4) is 0 Å². The second kappa shape index (κ2) is 10.6. The molecule has 0 aliphatic rings. The Balaban J connectivity index is 0.000000701. The Morgan fingerprint density at radius 1 is 0.840 bits per heavy atom. The molecule has 3 aromatic rings. The third-order valence-corrected chi connectivity index (χ3v) is 3.60. The van der Waals surface area contributed by atoms with Crippen LogP contribution in [0.5, 0.6) is 5.75 Å². The molecule has 0 heterocycles. The summed E-state index contributed by atoms with van der Waals surface area (Å²) in [6.07, 6.45) is 1.69. The van der Waals surface area contributed by atoms with Gasteiger partial charge < -0.3 is 5.11 Å². The molecule has 5 heteroatoms. The number of aliphatic imine (C=N–C) groups is 1. The molecule has 0 spiro atoms. The molecule has 0 unspecified atom stereocenters. The summed E-state index contributed by atoms with van der Waals surface area (Å²) >= 11 is -0.826. The molecular weight excluding hydrogens is 432 g/mol. The van der Waals surface area contributed by atoms with E-state index in [9.17, 15) is 5.11 Å². The van der Waals surface area contributed by atoms with Gasteiger partial charge in [-0.3, -0.25) is 4.99 Å². The molecule has 0 aromatic heterocycles. The van der Waals surface area contributed by atoms with Crippen molar-refractivity contribution in [2.24, 2.45) is 4.99 Å². The average molecular weight is 449 g/mol. The molecule has 0 fully saturated rings. The van der Waals surface area contributed by atoms with Crippen LogP contribution in [0.15, 0.2) is 77.8 Å². The first-order valence-electron chi connectivity index (χ1n) is 7.57. The molecule has 25 heavy (non-hydrogen) atoms. The van der Waals surface area contributed by atoms with Crippen LogP contribution in [0.1, 0.15) is 5.56 Å². The fourth-order valence-electron chi connectivity index (χ4n) is 2.53. The molecule has 0 radical (unpaired) electrons. The zero-order chi connectivity index (χ0) is 18.1. The van der Waals surface area contributed by atoms with E-state index in [0.29, 0.717) is 0 Å². The van der Waals surface area contributed by atoms with Crippen LogP contribution in [0.25, 0.3) is 22.3 Å². The van der Waals surface area contributed by atoms with Crippen molar-refractivity contribution >= 4 is 23.2 Å². The molecule has 1 N–H and O–H groups in total. The van der Waals surface area contributed by atoms with Crippen molar-refractivity contribution in [1.29, 1.82) is 0 Å². The Bertz CT molecular complexity index is 824. The Hall–Kier alpha value is -1.41. The van der Waals surface area contributed by atoms with Gasteiger partial charge in [-0.1, -0.05) is 60.7 Å². The van der Waals surface area contributed by atoms with E-state index in [-0.39, 0.29) is 5.75 Å². The van der Waals surface area contributed by atoms with Crippen LogP contribution >= 0.6 is 17.0 Å². The second-order valence-corrected chi connectivity index (χ2v) is 8.88. The van der Waals surface area contributed by atoms with Gasteiger partial charge in [0.15, 0.2) is 0 Å². The van der Waals surface area contributed by atoms with Crippen LogP contribution in [-0.2, 0) is 20.8 Å². The van der Waals surface area contributed by atoms with Crippen LogP contribution in [-0.4, -0.2) is 18.4 Å². The van der Waals surface area contributed by atoms with E-state index in [4.69, 9.17) is 17.0 Å². The molecule has 0 amide bonds. The molecule has 0 atom stereocenters. The van der Waals surface area contributed by atoms with Crippen molar-refractivity contribution in [3.05, 3.63) is 78.4 Å². The van der Waals surface area contributed by atoms with Crippen molar-refractivity contribution in [2.45, 2.75) is 0 Å². The number of halogens is 2. The maximum atomic E-state index is 10.6. The molecule has 126 valence electrons. The number of phenolic OH excluding ortho intramolecular Hbond substituents is 1. The summed E-state index contributed by atoms with van der Waals surface area (Å²) in [5, 5.41) is 10.6. The zero-order valence-corrected chi connectivity index (χ0v) is 17.6. The number of hydrogen-bond donors (Lipinski definition) is 1. The summed E-state index contributed by atoms with van der Waals surface area (Å²) in [6.45, 7) is 0. The Morgan fingerprint density at radius 2 is 1.36 bits per heavy atom. The molecular formula is C20H17Cl2NOZr. The SMILES string of the molecule is CN=Cc1cc(-c2ccccc2)cc(-c2ccccc2)c1O.[Cl][Zr][Cl]. The summed E-state index contributed by atoms with van der Waals surface area (Å²) in [7, 11) is 11.6. The molecule has 2 nitrogen and oxygen atoms in total. The first-order valence-corrected chi connectivity index (χ1v) is 13.9. The van der Waals surface area contributed by atoms with Gasteiger partial charge in [-0.25, -0.2) is 0 Å². The van der Waals surface area contributed by atoms with Crippen molar-refractivity contribution in [1.82, 2.24) is 0 Å². The van der Waals surface area contributed by atoms with Gasteiger partial charge in [-0.2, -0.15) is 0 Å². The fourth-order valence-corrected chi connectivity index (χ4v) is 2.53. The van der Waals surface area contributed by atoms with E-state index < -0.39 is 20.8 Å². The van der Waals surface area contributed by atoms with Gasteiger partial charge in [0, 0.05) is 24.4 Å². The predicted octanol–water partition coefficient (Wildman–Crippen LogP) is 6.15. The van der Waals surface area contributed by atoms with Crippen molar-refractivity contribution in [3.8, 4) is 28.0 Å². The number of hydrogen-bond acceptors (Lipinski definition) is 2. The Morgan fingerprint density at radius 3 is 1.88 bits per heavy atom. The Kier molecular flexibility index (Phi) is 8.41. The van der Waals surface area contributed by atoms with Crippen LogP contribution in [0.2, 0.25) is 0 Å². The van der Waals surface area contributed by atoms with Crippen molar-refractivity contribution in [3.63, 3.8) is 0 Å². The summed E-state index contributed by atoms with van der Waals surface area (Å²) in [6, 6.07) is 24.0. The third kappa shape index (κ3) is 5.54. The normalized spacial score (nSPS) is 10.2. The maximum absolute atomic E-state index is 10.6. The van der Waals surface area contributed by atoms with Crippen molar-refractivity contribution < 1.29 is 26.0 Å². The van der Waals surface area contributed by atoms with Gasteiger partial charge in [-0.05, 0) is 28.8 Å². The monoisotopic (exact) mass is 447 g/mol. The van der Waals surface area contributed by atoms with E-state index in [2.05, 4.69) is 17.1 Å². The zero-order valence-electron chi connectivity index (χ0n) is 13.7. The quantitative estimate of drug-likeness (QED) is 0.478. The predicted molar refractivity (Wildman–Crippen MR) is 104 cm³/mol. The van der Waals surface area contributed by atoms with E-state index in [1.807, 2.05) is 60.7 Å². The molecule has 0 saturated carbocycles. The number of benzene rings is 3. The summed E-state index contributed by atoms with van der Waals surface area (Å²) in [4.78, 5) is 4.05. The first-order chi connectivity index (χ1) is 12.2. The van der Waals surface area contributed by atoms with Gasteiger partial charge in [0.05, 0.1) is 0 Å².